The van der Waals surface area contributed by atoms with Gasteiger partial charge in [0.1, 0.15) is 5.75 Å². The Labute approximate surface area is 174 Å². The molecule has 8 nitrogen and oxygen atoms in total. The molecule has 0 spiro atoms. The Morgan fingerprint density at radius 3 is 2.67 bits per heavy atom. The second kappa shape index (κ2) is 7.24. The smallest absolute Gasteiger partial charge is 0.244 e. The molecule has 2 heterocycles. The van der Waals surface area contributed by atoms with Gasteiger partial charge < -0.3 is 4.74 Å². The largest absolute Gasteiger partial charge is 0.478 e. The predicted octanol–water partition coefficient (Wildman–Crippen LogP) is 3.71. The summed E-state index contributed by atoms with van der Waals surface area (Å²) in [7, 11) is -3.38. The zero-order chi connectivity index (χ0) is 21.5. The summed E-state index contributed by atoms with van der Waals surface area (Å²) in [6.07, 6.45) is 1.66. The van der Waals surface area contributed by atoms with E-state index in [1.165, 1.54) is 0 Å². The topological polar surface area (TPSA) is 99.0 Å². The van der Waals surface area contributed by atoms with Crippen molar-refractivity contribution < 1.29 is 13.2 Å². The number of aryl methyl sites for hydroxylation is 1. The van der Waals surface area contributed by atoms with Gasteiger partial charge in [-0.15, -0.1) is 0 Å². The highest BCUT2D eigenvalue weighted by Gasteiger charge is 2.29. The highest BCUT2D eigenvalue weighted by molar-refractivity contribution is 7.92. The van der Waals surface area contributed by atoms with E-state index in [2.05, 4.69) is 20.5 Å². The van der Waals surface area contributed by atoms with Crippen molar-refractivity contribution in [3.8, 4) is 5.75 Å². The van der Waals surface area contributed by atoms with Crippen molar-refractivity contribution in [1.29, 1.82) is 0 Å². The number of nitrogens with one attached hydrogen (secondary N) is 1. The lowest BCUT2D eigenvalue weighted by atomic mass is 10.2. The zero-order valence-corrected chi connectivity index (χ0v) is 18.1. The maximum atomic E-state index is 12.2. The van der Waals surface area contributed by atoms with Gasteiger partial charge in [-0.25, -0.2) is 23.8 Å². The maximum Gasteiger partial charge on any atom is 0.244 e. The minimum absolute atomic E-state index is 0.381. The standard InChI is InChI=1S/C21H23N5O3S/c1-14-17-7-5-6-8-19(17)26(24-14)25-20-22-12-15-11-16(9-10-18(15)23-20)29-13-30(27,28)21(2,3)4/h5-12H,13H2,1-4H3,(H,22,23,25). The quantitative estimate of drug-likeness (QED) is 0.520. The first-order valence-corrected chi connectivity index (χ1v) is 11.1. The first-order valence-electron chi connectivity index (χ1n) is 9.47. The fourth-order valence-corrected chi connectivity index (χ4v) is 3.52. The van der Waals surface area contributed by atoms with Gasteiger partial charge in [-0.2, -0.15) is 9.89 Å². The van der Waals surface area contributed by atoms with E-state index >= 15 is 0 Å². The lowest BCUT2D eigenvalue weighted by Gasteiger charge is -2.19. The van der Waals surface area contributed by atoms with Gasteiger partial charge in [-0.1, -0.05) is 18.2 Å². The van der Waals surface area contributed by atoms with E-state index in [-0.39, 0.29) is 5.94 Å². The number of para-hydroxylation sites is 1. The van der Waals surface area contributed by atoms with Crippen molar-refractivity contribution in [1.82, 2.24) is 19.9 Å². The molecule has 4 rings (SSSR count). The molecule has 0 bridgehead atoms. The number of anilines is 1. The van der Waals surface area contributed by atoms with Gasteiger partial charge in [0.15, 0.2) is 15.8 Å². The SMILES string of the molecule is Cc1nn(Nc2ncc3cc(OCS(=O)(=O)C(C)(C)C)ccc3n2)c2ccccc12. The molecule has 156 valence electrons. The van der Waals surface area contributed by atoms with E-state index in [0.29, 0.717) is 17.2 Å². The highest BCUT2D eigenvalue weighted by Crippen LogP contribution is 2.23. The summed E-state index contributed by atoms with van der Waals surface area (Å²) in [6, 6.07) is 13.1. The monoisotopic (exact) mass is 425 g/mol. The van der Waals surface area contributed by atoms with E-state index in [1.807, 2.05) is 31.2 Å². The number of fused-ring (bicyclic) bond motifs is 2. The van der Waals surface area contributed by atoms with Crippen molar-refractivity contribution in [3.63, 3.8) is 0 Å². The van der Waals surface area contributed by atoms with Gasteiger partial charge in [-0.3, -0.25) is 0 Å². The van der Waals surface area contributed by atoms with Crippen LogP contribution in [-0.2, 0) is 9.84 Å². The Bertz CT molecular complexity index is 1340. The Morgan fingerprint density at radius 1 is 1.13 bits per heavy atom. The molecule has 1 N–H and O–H groups in total. The van der Waals surface area contributed by atoms with Gasteiger partial charge in [0.05, 0.1) is 21.5 Å². The summed E-state index contributed by atoms with van der Waals surface area (Å²) in [5, 5.41) is 6.29. The Hall–Kier alpha value is -3.20. The van der Waals surface area contributed by atoms with Crippen LogP contribution in [0.25, 0.3) is 21.8 Å². The van der Waals surface area contributed by atoms with Crippen LogP contribution in [0.15, 0.2) is 48.7 Å². The average molecular weight is 426 g/mol. The second-order valence-corrected chi connectivity index (χ2v) is 10.7. The predicted molar refractivity (Wildman–Crippen MR) is 117 cm³/mol. The average Bonchev–Trinajstić information content (AvgIpc) is 3.01. The molecule has 0 aliphatic rings. The molecule has 4 aromatic rings. The van der Waals surface area contributed by atoms with E-state index in [1.54, 1.807) is 50.0 Å². The highest BCUT2D eigenvalue weighted by atomic mass is 32.2. The number of ether oxygens (including phenoxy) is 1. The van der Waals surface area contributed by atoms with Crippen molar-refractivity contribution >= 4 is 37.6 Å². The number of hydrogen-bond donors (Lipinski definition) is 1. The summed E-state index contributed by atoms with van der Waals surface area (Å²) >= 11 is 0. The number of sulfone groups is 1. The minimum atomic E-state index is -3.38. The molecule has 2 aromatic carbocycles. The fraction of sp³-hybridized carbons (Fsp3) is 0.286. The Kier molecular flexibility index (Phi) is 4.85. The van der Waals surface area contributed by atoms with E-state index in [0.717, 1.165) is 22.0 Å². The Morgan fingerprint density at radius 2 is 1.90 bits per heavy atom. The number of aromatic nitrogens is 4. The molecule has 2 aromatic heterocycles. The Balaban J connectivity index is 1.56. The fourth-order valence-electron chi connectivity index (χ4n) is 2.88. The minimum Gasteiger partial charge on any atom is -0.478 e. The van der Waals surface area contributed by atoms with Crippen molar-refractivity contribution in [2.45, 2.75) is 32.4 Å². The number of benzene rings is 2. The third-order valence-corrected chi connectivity index (χ3v) is 7.14. The lowest BCUT2D eigenvalue weighted by molar-refractivity contribution is 0.371. The third kappa shape index (κ3) is 3.80. The van der Waals surface area contributed by atoms with Crippen LogP contribution in [0.3, 0.4) is 0 Å². The normalized spacial score (nSPS) is 12.4. The van der Waals surface area contributed by atoms with Gasteiger partial charge in [0.25, 0.3) is 0 Å². The molecule has 0 radical (unpaired) electrons. The van der Waals surface area contributed by atoms with Crippen LogP contribution in [0.4, 0.5) is 5.95 Å². The summed E-state index contributed by atoms with van der Waals surface area (Å²) in [5.74, 6) is 0.474. The molecule has 0 atom stereocenters. The van der Waals surface area contributed by atoms with E-state index in [9.17, 15) is 8.42 Å². The number of rotatable bonds is 5. The summed E-state index contributed by atoms with van der Waals surface area (Å²) in [4.78, 5) is 10.5. The zero-order valence-electron chi connectivity index (χ0n) is 17.2. The van der Waals surface area contributed by atoms with E-state index in [4.69, 9.17) is 4.74 Å². The third-order valence-electron chi connectivity index (χ3n) is 4.84. The van der Waals surface area contributed by atoms with E-state index < -0.39 is 14.6 Å². The first kappa shape index (κ1) is 20.1. The molecular weight excluding hydrogens is 402 g/mol. The van der Waals surface area contributed by atoms with Crippen molar-refractivity contribution in [2.24, 2.45) is 0 Å². The molecule has 0 aliphatic carbocycles. The molecule has 0 fully saturated rings. The van der Waals surface area contributed by atoms with Crippen LogP contribution in [-0.4, -0.2) is 39.0 Å². The lowest BCUT2D eigenvalue weighted by Crippen LogP contribution is -2.32. The molecule has 0 saturated carbocycles. The molecular formula is C21H23N5O3S. The summed E-state index contributed by atoms with van der Waals surface area (Å²) in [6.45, 7) is 6.90. The molecule has 0 aliphatic heterocycles. The van der Waals surface area contributed by atoms with Crippen LogP contribution in [0.1, 0.15) is 26.5 Å². The summed E-state index contributed by atoms with van der Waals surface area (Å²) < 4.78 is 29.1. The molecule has 30 heavy (non-hydrogen) atoms. The maximum absolute atomic E-state index is 12.2. The van der Waals surface area contributed by atoms with Gasteiger partial charge in [0, 0.05) is 17.0 Å². The molecule has 0 unspecified atom stereocenters. The van der Waals surface area contributed by atoms with Crippen molar-refractivity contribution in [2.75, 3.05) is 11.4 Å². The van der Waals surface area contributed by atoms with Gasteiger partial charge >= 0.3 is 0 Å². The van der Waals surface area contributed by atoms with Gasteiger partial charge in [-0.05, 0) is 52.0 Å². The van der Waals surface area contributed by atoms with Crippen LogP contribution < -0.4 is 10.2 Å². The number of nitrogens with zero attached hydrogens (tertiary/aromatic N) is 4. The van der Waals surface area contributed by atoms with Crippen LogP contribution in [0.5, 0.6) is 5.75 Å². The number of hydrogen-bond acceptors (Lipinski definition) is 7. The van der Waals surface area contributed by atoms with Crippen molar-refractivity contribution in [3.05, 3.63) is 54.4 Å². The molecule has 0 saturated heterocycles. The van der Waals surface area contributed by atoms with Crippen LogP contribution >= 0.6 is 0 Å². The van der Waals surface area contributed by atoms with Crippen LogP contribution in [0.2, 0.25) is 0 Å². The first-order chi connectivity index (χ1) is 14.1. The molecule has 0 amide bonds. The van der Waals surface area contributed by atoms with Gasteiger partial charge in [0.2, 0.25) is 5.95 Å². The summed E-state index contributed by atoms with van der Waals surface area (Å²) in [5.41, 5.74) is 5.65. The van der Waals surface area contributed by atoms with Crippen LogP contribution in [0, 0.1) is 6.92 Å². The second-order valence-electron chi connectivity index (χ2n) is 8.03. The molecule has 9 heteroatoms.